The first kappa shape index (κ1) is 21.5. The van der Waals surface area contributed by atoms with Crippen LogP contribution in [0, 0.1) is 10.1 Å². The van der Waals surface area contributed by atoms with E-state index in [4.69, 9.17) is 27.9 Å². The summed E-state index contributed by atoms with van der Waals surface area (Å²) < 4.78 is 5.41. The van der Waals surface area contributed by atoms with Gasteiger partial charge in [-0.2, -0.15) is 0 Å². The zero-order valence-corrected chi connectivity index (χ0v) is 17.6. The highest BCUT2D eigenvalue weighted by molar-refractivity contribution is 6.37. The molecule has 0 aromatic heterocycles. The van der Waals surface area contributed by atoms with Crippen molar-refractivity contribution in [3.05, 3.63) is 97.5 Å². The number of benzene rings is 3. The smallest absolute Gasteiger partial charge is 0.315 e. The quantitative estimate of drug-likeness (QED) is 0.173. The first-order valence-corrected chi connectivity index (χ1v) is 9.92. The number of anilines is 1. The summed E-state index contributed by atoms with van der Waals surface area (Å²) in [6, 6.07) is 14.4. The van der Waals surface area contributed by atoms with Gasteiger partial charge in [0.05, 0.1) is 22.6 Å². The van der Waals surface area contributed by atoms with Crippen molar-refractivity contribution in [2.45, 2.75) is 6.42 Å². The van der Waals surface area contributed by atoms with Gasteiger partial charge < -0.3 is 4.74 Å². The van der Waals surface area contributed by atoms with Crippen LogP contribution in [-0.4, -0.2) is 22.7 Å². The summed E-state index contributed by atoms with van der Waals surface area (Å²) in [5, 5.41) is 12.0. The van der Waals surface area contributed by atoms with Crippen LogP contribution in [0.4, 0.5) is 11.4 Å². The van der Waals surface area contributed by atoms with E-state index >= 15 is 0 Å². The van der Waals surface area contributed by atoms with Crippen molar-refractivity contribution in [1.82, 2.24) is 0 Å². The van der Waals surface area contributed by atoms with E-state index in [0.717, 1.165) is 6.07 Å². The van der Waals surface area contributed by atoms with Crippen LogP contribution in [0.3, 0.4) is 0 Å². The molecule has 3 aromatic carbocycles. The molecule has 0 bridgehead atoms. The molecule has 1 aliphatic heterocycles. The number of ether oxygens (including phenoxy) is 1. The molecule has 1 aliphatic rings. The summed E-state index contributed by atoms with van der Waals surface area (Å²) in [6.45, 7) is 0. The summed E-state index contributed by atoms with van der Waals surface area (Å²) in [7, 11) is 0. The molecular formula is C22H12Cl2N2O6. The first-order valence-electron chi connectivity index (χ1n) is 9.17. The predicted octanol–water partition coefficient (Wildman–Crippen LogP) is 4.85. The van der Waals surface area contributed by atoms with Gasteiger partial charge in [-0.15, -0.1) is 0 Å². The lowest BCUT2D eigenvalue weighted by atomic mass is 10.1. The molecule has 0 fully saturated rings. The molecule has 0 unspecified atom stereocenters. The normalized spacial score (nSPS) is 12.6. The van der Waals surface area contributed by atoms with Gasteiger partial charge in [0.1, 0.15) is 5.56 Å². The molecule has 10 heteroatoms. The van der Waals surface area contributed by atoms with Gasteiger partial charge in [-0.3, -0.25) is 24.5 Å². The number of hydrogen-bond acceptors (Lipinski definition) is 6. The van der Waals surface area contributed by atoms with E-state index in [1.54, 1.807) is 24.3 Å². The Hall–Kier alpha value is -3.75. The van der Waals surface area contributed by atoms with Gasteiger partial charge in [-0.25, -0.2) is 4.90 Å². The molecule has 32 heavy (non-hydrogen) atoms. The fourth-order valence-electron chi connectivity index (χ4n) is 3.32. The molecule has 2 amide bonds. The molecule has 8 nitrogen and oxygen atoms in total. The van der Waals surface area contributed by atoms with Gasteiger partial charge in [0.15, 0.2) is 5.75 Å². The number of carbonyl (C=O) groups excluding carboxylic acids is 3. The Kier molecular flexibility index (Phi) is 5.65. The highest BCUT2D eigenvalue weighted by Crippen LogP contribution is 2.39. The molecule has 3 aromatic rings. The number of rotatable bonds is 5. The molecule has 0 radical (unpaired) electrons. The first-order chi connectivity index (χ1) is 15.3. The average Bonchev–Trinajstić information content (AvgIpc) is 3.01. The second-order valence-corrected chi connectivity index (χ2v) is 7.66. The van der Waals surface area contributed by atoms with Crippen molar-refractivity contribution in [2.24, 2.45) is 0 Å². The van der Waals surface area contributed by atoms with Crippen LogP contribution < -0.4 is 9.64 Å². The number of halogens is 2. The van der Waals surface area contributed by atoms with E-state index in [-0.39, 0.29) is 34.0 Å². The third-order valence-corrected chi connectivity index (χ3v) is 5.22. The van der Waals surface area contributed by atoms with E-state index in [9.17, 15) is 24.5 Å². The highest BCUT2D eigenvalue weighted by atomic mass is 35.5. The Labute approximate surface area is 191 Å². The van der Waals surface area contributed by atoms with Crippen LogP contribution in [0.25, 0.3) is 0 Å². The number of nitro benzene ring substituents is 1. The van der Waals surface area contributed by atoms with Crippen LogP contribution in [0.5, 0.6) is 5.75 Å². The van der Waals surface area contributed by atoms with Gasteiger partial charge in [0.25, 0.3) is 17.5 Å². The Bertz CT molecular complexity index is 1290. The van der Waals surface area contributed by atoms with Crippen molar-refractivity contribution in [3.63, 3.8) is 0 Å². The minimum atomic E-state index is -0.908. The lowest BCUT2D eigenvalue weighted by Gasteiger charge is -2.18. The minimum absolute atomic E-state index is 0.0905. The molecule has 0 spiro atoms. The number of nitro groups is 1. The van der Waals surface area contributed by atoms with Gasteiger partial charge in [-0.05, 0) is 42.0 Å². The predicted molar refractivity (Wildman–Crippen MR) is 116 cm³/mol. The maximum absolute atomic E-state index is 13.0. The number of fused-ring (bicyclic) bond motifs is 1. The summed E-state index contributed by atoms with van der Waals surface area (Å²) >= 11 is 11.9. The van der Waals surface area contributed by atoms with Gasteiger partial charge in [0, 0.05) is 16.1 Å². The van der Waals surface area contributed by atoms with Crippen molar-refractivity contribution in [1.29, 1.82) is 0 Å². The molecule has 0 saturated heterocycles. The van der Waals surface area contributed by atoms with E-state index < -0.39 is 28.4 Å². The Morgan fingerprint density at radius 2 is 1.66 bits per heavy atom. The summed E-state index contributed by atoms with van der Waals surface area (Å²) in [4.78, 5) is 49.7. The van der Waals surface area contributed by atoms with Crippen LogP contribution in [0.1, 0.15) is 26.3 Å². The van der Waals surface area contributed by atoms with E-state index in [0.29, 0.717) is 15.5 Å². The molecule has 0 N–H and O–H groups in total. The molecule has 0 atom stereocenters. The average molecular weight is 471 g/mol. The topological polar surface area (TPSA) is 107 Å². The number of hydrogen-bond donors (Lipinski definition) is 0. The molecule has 4 rings (SSSR count). The zero-order valence-electron chi connectivity index (χ0n) is 16.1. The lowest BCUT2D eigenvalue weighted by Crippen LogP contribution is -2.30. The number of carbonyl (C=O) groups is 3. The number of amides is 2. The van der Waals surface area contributed by atoms with Gasteiger partial charge >= 0.3 is 5.97 Å². The molecule has 1 heterocycles. The van der Waals surface area contributed by atoms with Crippen LogP contribution in [0.15, 0.2) is 60.7 Å². The van der Waals surface area contributed by atoms with Crippen molar-refractivity contribution in [2.75, 3.05) is 4.90 Å². The van der Waals surface area contributed by atoms with E-state index in [1.807, 2.05) is 0 Å². The van der Waals surface area contributed by atoms with E-state index in [1.165, 1.54) is 30.3 Å². The Morgan fingerprint density at radius 3 is 2.34 bits per heavy atom. The Balaban J connectivity index is 1.68. The fraction of sp³-hybridized carbons (Fsp3) is 0.0455. The van der Waals surface area contributed by atoms with Crippen molar-refractivity contribution < 1.29 is 24.0 Å². The third kappa shape index (κ3) is 3.93. The lowest BCUT2D eigenvalue weighted by molar-refractivity contribution is -0.385. The monoisotopic (exact) mass is 470 g/mol. The standard InChI is InChI=1S/C22H12Cl2N2O6/c23-13-6-4-12(5-7-13)10-19(27)32-18-9-8-14(24)11-17(18)25-21(28)15-2-1-3-16(26(30)31)20(15)22(25)29/h1-9,11H,10H2. The number of imide groups is 1. The molecule has 160 valence electrons. The molecular weight excluding hydrogens is 459 g/mol. The van der Waals surface area contributed by atoms with E-state index in [2.05, 4.69) is 0 Å². The van der Waals surface area contributed by atoms with Crippen LogP contribution in [0.2, 0.25) is 10.0 Å². The zero-order chi connectivity index (χ0) is 23.0. The minimum Gasteiger partial charge on any atom is -0.424 e. The van der Waals surface area contributed by atoms with Crippen molar-refractivity contribution >= 4 is 52.4 Å². The molecule has 0 saturated carbocycles. The highest BCUT2D eigenvalue weighted by Gasteiger charge is 2.43. The number of nitrogens with zero attached hydrogens (tertiary/aromatic N) is 2. The van der Waals surface area contributed by atoms with Crippen molar-refractivity contribution in [3.8, 4) is 5.75 Å². The van der Waals surface area contributed by atoms with Gasteiger partial charge in [-0.1, -0.05) is 41.4 Å². The van der Waals surface area contributed by atoms with Crippen LogP contribution >= 0.6 is 23.2 Å². The van der Waals surface area contributed by atoms with Crippen LogP contribution in [-0.2, 0) is 11.2 Å². The largest absolute Gasteiger partial charge is 0.424 e. The molecule has 0 aliphatic carbocycles. The summed E-state index contributed by atoms with van der Waals surface area (Å²) in [6.07, 6.45) is -0.0905. The second kappa shape index (κ2) is 8.41. The van der Waals surface area contributed by atoms with Gasteiger partial charge in [0.2, 0.25) is 0 Å². The maximum atomic E-state index is 13.0. The maximum Gasteiger partial charge on any atom is 0.315 e. The fourth-order valence-corrected chi connectivity index (χ4v) is 3.61. The SMILES string of the molecule is O=C(Cc1ccc(Cl)cc1)Oc1ccc(Cl)cc1N1C(=O)c2cccc([N+](=O)[O-])c2C1=O. The summed E-state index contributed by atoms with van der Waals surface area (Å²) in [5.41, 5.74) is -0.399. The number of esters is 1. The second-order valence-electron chi connectivity index (χ2n) is 6.79. The summed E-state index contributed by atoms with van der Waals surface area (Å²) in [5.74, 6) is -2.44. The third-order valence-electron chi connectivity index (χ3n) is 4.74. The Morgan fingerprint density at radius 1 is 0.969 bits per heavy atom.